The van der Waals surface area contributed by atoms with Crippen molar-refractivity contribution in [2.75, 3.05) is 13.2 Å². The molecule has 4 heteroatoms. The molecule has 4 aliphatic carbocycles. The third-order valence-electron chi connectivity index (χ3n) is 8.19. The van der Waals surface area contributed by atoms with Crippen molar-refractivity contribution >= 4 is 0 Å². The van der Waals surface area contributed by atoms with E-state index in [0.29, 0.717) is 24.4 Å². The summed E-state index contributed by atoms with van der Waals surface area (Å²) >= 11 is 0. The molecule has 0 aromatic carbocycles. The van der Waals surface area contributed by atoms with E-state index in [4.69, 9.17) is 18.9 Å². The van der Waals surface area contributed by atoms with Crippen LogP contribution in [0.25, 0.3) is 0 Å². The number of rotatable bonds is 6. The third-order valence-corrected chi connectivity index (χ3v) is 8.19. The van der Waals surface area contributed by atoms with E-state index in [1.807, 2.05) is 0 Å². The molecule has 4 saturated carbocycles. The molecule has 0 spiro atoms. The third kappa shape index (κ3) is 2.97. The number of hydrogen-bond donors (Lipinski definition) is 0. The molecule has 140 valence electrons. The number of fused-ring (bicyclic) bond motifs is 4. The summed E-state index contributed by atoms with van der Waals surface area (Å²) in [5.41, 5.74) is 0.275. The standard InChI is InChI=1S/C21H32O4/c1-3-16-18(24-16)9-14(1)11-22-20-5-7-21(13-20,8-6-20)23-12-15-2-4-17-19(10-15)25-17/h14-19H,1-13H2. The van der Waals surface area contributed by atoms with Gasteiger partial charge >= 0.3 is 0 Å². The van der Waals surface area contributed by atoms with Gasteiger partial charge in [0.05, 0.1) is 48.8 Å². The first kappa shape index (κ1) is 15.9. The molecule has 0 aromatic rings. The zero-order valence-corrected chi connectivity index (χ0v) is 15.3. The van der Waals surface area contributed by atoms with Crippen LogP contribution in [0.5, 0.6) is 0 Å². The summed E-state index contributed by atoms with van der Waals surface area (Å²) in [5.74, 6) is 1.45. The smallest absolute Gasteiger partial charge is 0.0845 e. The summed E-state index contributed by atoms with van der Waals surface area (Å²) in [6.07, 6.45) is 15.9. The molecular weight excluding hydrogens is 316 g/mol. The zero-order valence-electron chi connectivity index (χ0n) is 15.3. The molecule has 0 N–H and O–H groups in total. The summed E-state index contributed by atoms with van der Waals surface area (Å²) in [6.45, 7) is 1.90. The van der Waals surface area contributed by atoms with Gasteiger partial charge in [-0.3, -0.25) is 0 Å². The highest BCUT2D eigenvalue weighted by Crippen LogP contribution is 2.55. The molecule has 4 nitrogen and oxygen atoms in total. The van der Waals surface area contributed by atoms with Crippen molar-refractivity contribution in [2.45, 2.75) is 106 Å². The van der Waals surface area contributed by atoms with E-state index in [-0.39, 0.29) is 11.2 Å². The summed E-state index contributed by atoms with van der Waals surface area (Å²) in [4.78, 5) is 0. The first-order valence-electron chi connectivity index (χ1n) is 10.8. The lowest BCUT2D eigenvalue weighted by atomic mass is 9.89. The highest BCUT2D eigenvalue weighted by atomic mass is 16.6. The Balaban J connectivity index is 1.00. The maximum Gasteiger partial charge on any atom is 0.0845 e. The van der Waals surface area contributed by atoms with Crippen molar-refractivity contribution in [3.05, 3.63) is 0 Å². The molecule has 25 heavy (non-hydrogen) atoms. The Bertz CT molecular complexity index is 480. The van der Waals surface area contributed by atoms with Crippen LogP contribution in [0.15, 0.2) is 0 Å². The summed E-state index contributed by atoms with van der Waals surface area (Å²) in [6, 6.07) is 0. The lowest BCUT2D eigenvalue weighted by molar-refractivity contribution is -0.0634. The second-order valence-corrected chi connectivity index (χ2v) is 9.95. The Kier molecular flexibility index (Phi) is 3.59. The largest absolute Gasteiger partial charge is 0.375 e. The zero-order chi connectivity index (χ0) is 16.5. The second-order valence-electron chi connectivity index (χ2n) is 9.95. The predicted octanol–water partition coefficient (Wildman–Crippen LogP) is 3.61. The maximum atomic E-state index is 6.57. The van der Waals surface area contributed by atoms with Crippen LogP contribution in [0.3, 0.4) is 0 Å². The van der Waals surface area contributed by atoms with Crippen LogP contribution in [0.2, 0.25) is 0 Å². The summed E-state index contributed by atoms with van der Waals surface area (Å²) < 4.78 is 24.5. The van der Waals surface area contributed by atoms with Gasteiger partial charge in [-0.05, 0) is 76.0 Å². The van der Waals surface area contributed by atoms with Gasteiger partial charge in [0.1, 0.15) is 0 Å². The molecule has 6 atom stereocenters. The van der Waals surface area contributed by atoms with Gasteiger partial charge in [-0.15, -0.1) is 0 Å². The number of hydrogen-bond acceptors (Lipinski definition) is 4. The normalized spacial score (nSPS) is 55.7. The van der Waals surface area contributed by atoms with Crippen LogP contribution in [0.4, 0.5) is 0 Å². The van der Waals surface area contributed by atoms with E-state index in [1.54, 1.807) is 0 Å². The van der Waals surface area contributed by atoms with Crippen molar-refractivity contribution in [2.24, 2.45) is 11.8 Å². The predicted molar refractivity (Wildman–Crippen MR) is 92.5 cm³/mol. The van der Waals surface area contributed by atoms with E-state index in [9.17, 15) is 0 Å². The molecule has 2 saturated heterocycles. The molecule has 6 fully saturated rings. The Morgan fingerprint density at radius 2 is 1.12 bits per heavy atom. The molecule has 2 heterocycles. The average Bonchev–Trinajstić information content (AvgIpc) is 3.53. The number of ether oxygens (including phenoxy) is 4. The van der Waals surface area contributed by atoms with Gasteiger partial charge < -0.3 is 18.9 Å². The monoisotopic (exact) mass is 348 g/mol. The van der Waals surface area contributed by atoms with Gasteiger partial charge in [0.25, 0.3) is 0 Å². The van der Waals surface area contributed by atoms with Crippen molar-refractivity contribution in [1.29, 1.82) is 0 Å². The fourth-order valence-corrected chi connectivity index (χ4v) is 6.36. The Morgan fingerprint density at radius 1 is 0.640 bits per heavy atom. The first-order chi connectivity index (χ1) is 12.2. The van der Waals surface area contributed by atoms with Gasteiger partial charge in [-0.25, -0.2) is 0 Å². The first-order valence-corrected chi connectivity index (χ1v) is 10.8. The minimum absolute atomic E-state index is 0.137. The quantitative estimate of drug-likeness (QED) is 0.688. The van der Waals surface area contributed by atoms with Gasteiger partial charge in [0.2, 0.25) is 0 Å². The van der Waals surface area contributed by atoms with E-state index in [2.05, 4.69) is 0 Å². The van der Waals surface area contributed by atoms with Crippen LogP contribution < -0.4 is 0 Å². The molecule has 6 unspecified atom stereocenters. The van der Waals surface area contributed by atoms with Crippen molar-refractivity contribution < 1.29 is 18.9 Å². The Morgan fingerprint density at radius 3 is 1.56 bits per heavy atom. The molecular formula is C21H32O4. The van der Waals surface area contributed by atoms with Gasteiger partial charge in [-0.2, -0.15) is 0 Å². The molecule has 2 bridgehead atoms. The van der Waals surface area contributed by atoms with Crippen LogP contribution in [0, 0.1) is 11.8 Å². The molecule has 2 aliphatic heterocycles. The number of epoxide rings is 2. The fraction of sp³-hybridized carbons (Fsp3) is 1.00. The second kappa shape index (κ2) is 5.67. The van der Waals surface area contributed by atoms with Crippen LogP contribution in [-0.2, 0) is 18.9 Å². The maximum absolute atomic E-state index is 6.57. The Hall–Kier alpha value is -0.160. The summed E-state index contributed by atoms with van der Waals surface area (Å²) in [5, 5.41) is 0. The van der Waals surface area contributed by atoms with Crippen LogP contribution >= 0.6 is 0 Å². The van der Waals surface area contributed by atoms with Crippen LogP contribution in [-0.4, -0.2) is 48.8 Å². The van der Waals surface area contributed by atoms with E-state index >= 15 is 0 Å². The highest BCUT2D eigenvalue weighted by Gasteiger charge is 2.57. The molecule has 0 radical (unpaired) electrons. The van der Waals surface area contributed by atoms with Gasteiger partial charge in [0.15, 0.2) is 0 Å². The molecule has 0 aromatic heterocycles. The topological polar surface area (TPSA) is 43.5 Å². The molecule has 6 aliphatic rings. The molecule has 0 amide bonds. The Labute approximate surface area is 150 Å². The van der Waals surface area contributed by atoms with Crippen molar-refractivity contribution in [3.8, 4) is 0 Å². The summed E-state index contributed by atoms with van der Waals surface area (Å²) in [7, 11) is 0. The lowest BCUT2D eigenvalue weighted by Crippen LogP contribution is -2.31. The molecule has 6 rings (SSSR count). The average molecular weight is 348 g/mol. The van der Waals surface area contributed by atoms with Crippen molar-refractivity contribution in [1.82, 2.24) is 0 Å². The van der Waals surface area contributed by atoms with Crippen LogP contribution in [0.1, 0.15) is 70.6 Å². The van der Waals surface area contributed by atoms with E-state index < -0.39 is 0 Å². The van der Waals surface area contributed by atoms with Crippen molar-refractivity contribution in [3.63, 3.8) is 0 Å². The minimum atomic E-state index is 0.137. The van der Waals surface area contributed by atoms with Gasteiger partial charge in [0, 0.05) is 6.42 Å². The fourth-order valence-electron chi connectivity index (χ4n) is 6.36. The van der Waals surface area contributed by atoms with E-state index in [0.717, 1.165) is 31.5 Å². The minimum Gasteiger partial charge on any atom is -0.375 e. The lowest BCUT2D eigenvalue weighted by Gasteiger charge is -2.31. The highest BCUT2D eigenvalue weighted by molar-refractivity contribution is 5.09. The van der Waals surface area contributed by atoms with E-state index in [1.165, 1.54) is 64.2 Å². The SMILES string of the molecule is C1CC2OC2CC1COC12CCC(OCC3CCC4OC4C3)(CC1)C2. The van der Waals surface area contributed by atoms with Gasteiger partial charge in [-0.1, -0.05) is 0 Å².